The minimum atomic E-state index is -0.753. The van der Waals surface area contributed by atoms with Crippen molar-refractivity contribution in [1.82, 2.24) is 10.3 Å². The molecule has 1 aliphatic carbocycles. The van der Waals surface area contributed by atoms with Crippen LogP contribution in [0.2, 0.25) is 0 Å². The Bertz CT molecular complexity index is 543. The fraction of sp³-hybridized carbons (Fsp3) is 0.562. The lowest BCUT2D eigenvalue weighted by Gasteiger charge is -2.35. The van der Waals surface area contributed by atoms with Crippen LogP contribution in [-0.2, 0) is 0 Å². The average molecular weight is 287 g/mol. The third-order valence-corrected chi connectivity index (χ3v) is 4.35. The van der Waals surface area contributed by atoms with Crippen LogP contribution in [0.4, 0.5) is 0 Å². The molecule has 0 saturated heterocycles. The molecule has 1 fully saturated rings. The number of nitrogens with one attached hydrogen (secondary N) is 1. The van der Waals surface area contributed by atoms with Gasteiger partial charge in [0, 0.05) is 6.20 Å². The van der Waals surface area contributed by atoms with Gasteiger partial charge in [0.15, 0.2) is 0 Å². The topological polar surface area (TPSA) is 75.0 Å². The normalized spacial score (nSPS) is 24.9. The molecule has 0 atom stereocenters. The lowest BCUT2D eigenvalue weighted by Crippen LogP contribution is -2.49. The highest BCUT2D eigenvalue weighted by Gasteiger charge is 2.37. The first-order valence-electron chi connectivity index (χ1n) is 7.36. The summed E-state index contributed by atoms with van der Waals surface area (Å²) in [5, 5.41) is 12.4. The molecule has 21 heavy (non-hydrogen) atoms. The van der Waals surface area contributed by atoms with E-state index in [1.807, 2.05) is 0 Å². The standard InChI is InChI=1S/C16H21N3O2/c1-3-12-4-7-16(11-17,8-5-12)19-15(20)13-6-9-18-10-14(13)21-2/h6,9-10,12H,3-5,7-8H2,1-2H3,(H,19,20). The van der Waals surface area contributed by atoms with Gasteiger partial charge in [-0.1, -0.05) is 13.3 Å². The van der Waals surface area contributed by atoms with E-state index < -0.39 is 5.54 Å². The summed E-state index contributed by atoms with van der Waals surface area (Å²) in [4.78, 5) is 16.4. The van der Waals surface area contributed by atoms with E-state index >= 15 is 0 Å². The number of rotatable bonds is 4. The number of pyridine rings is 1. The highest BCUT2D eigenvalue weighted by molar-refractivity contribution is 5.97. The van der Waals surface area contributed by atoms with E-state index in [1.165, 1.54) is 13.3 Å². The van der Waals surface area contributed by atoms with Crippen molar-refractivity contribution in [2.24, 2.45) is 5.92 Å². The summed E-state index contributed by atoms with van der Waals surface area (Å²) in [6.45, 7) is 2.17. The van der Waals surface area contributed by atoms with Crippen LogP contribution in [0.3, 0.4) is 0 Å². The zero-order valence-electron chi connectivity index (χ0n) is 12.6. The fourth-order valence-corrected chi connectivity index (χ4v) is 2.86. The molecule has 0 unspecified atom stereocenters. The molecule has 1 aromatic rings. The van der Waals surface area contributed by atoms with Crippen LogP contribution >= 0.6 is 0 Å². The molecule has 2 rings (SSSR count). The van der Waals surface area contributed by atoms with Crippen molar-refractivity contribution in [3.63, 3.8) is 0 Å². The molecule has 1 aromatic heterocycles. The van der Waals surface area contributed by atoms with Gasteiger partial charge in [-0.3, -0.25) is 9.78 Å². The van der Waals surface area contributed by atoms with E-state index in [1.54, 1.807) is 12.3 Å². The fourth-order valence-electron chi connectivity index (χ4n) is 2.86. The Morgan fingerprint density at radius 2 is 2.29 bits per heavy atom. The Morgan fingerprint density at radius 3 is 2.86 bits per heavy atom. The number of aromatic nitrogens is 1. The van der Waals surface area contributed by atoms with Crippen LogP contribution in [0.15, 0.2) is 18.5 Å². The van der Waals surface area contributed by atoms with E-state index in [-0.39, 0.29) is 5.91 Å². The second kappa shape index (κ2) is 6.57. The largest absolute Gasteiger partial charge is 0.494 e. The summed E-state index contributed by atoms with van der Waals surface area (Å²) < 4.78 is 5.15. The molecule has 0 bridgehead atoms. The second-order valence-electron chi connectivity index (χ2n) is 5.58. The van der Waals surface area contributed by atoms with E-state index in [9.17, 15) is 10.1 Å². The molecular formula is C16H21N3O2. The minimum absolute atomic E-state index is 0.272. The van der Waals surface area contributed by atoms with Gasteiger partial charge in [-0.05, 0) is 37.7 Å². The molecule has 5 nitrogen and oxygen atoms in total. The number of hydrogen-bond donors (Lipinski definition) is 1. The molecule has 0 spiro atoms. The minimum Gasteiger partial charge on any atom is -0.494 e. The summed E-state index contributed by atoms with van der Waals surface area (Å²) in [5.41, 5.74) is -0.337. The Balaban J connectivity index is 2.12. The summed E-state index contributed by atoms with van der Waals surface area (Å²) in [6.07, 6.45) is 7.57. The molecule has 1 heterocycles. The quantitative estimate of drug-likeness (QED) is 0.923. The zero-order chi connectivity index (χ0) is 15.3. The molecule has 0 radical (unpaired) electrons. The summed E-state index contributed by atoms with van der Waals surface area (Å²) in [7, 11) is 1.50. The number of nitriles is 1. The SMILES string of the molecule is CCC1CCC(C#N)(NC(=O)c2ccncc2OC)CC1. The molecule has 0 aliphatic heterocycles. The lowest BCUT2D eigenvalue weighted by atomic mass is 9.76. The Labute approximate surface area is 125 Å². The Morgan fingerprint density at radius 1 is 1.57 bits per heavy atom. The first kappa shape index (κ1) is 15.3. The maximum absolute atomic E-state index is 12.4. The smallest absolute Gasteiger partial charge is 0.256 e. The van der Waals surface area contributed by atoms with E-state index in [2.05, 4.69) is 23.3 Å². The van der Waals surface area contributed by atoms with Gasteiger partial charge < -0.3 is 10.1 Å². The van der Waals surface area contributed by atoms with Crippen molar-refractivity contribution in [2.75, 3.05) is 7.11 Å². The number of methoxy groups -OCH3 is 1. The van der Waals surface area contributed by atoms with Gasteiger partial charge in [0.1, 0.15) is 11.3 Å². The molecule has 1 saturated carbocycles. The predicted octanol–water partition coefficient (Wildman–Crippen LogP) is 2.68. The van der Waals surface area contributed by atoms with Gasteiger partial charge in [-0.2, -0.15) is 5.26 Å². The van der Waals surface area contributed by atoms with Crippen LogP contribution in [-0.4, -0.2) is 23.5 Å². The van der Waals surface area contributed by atoms with Crippen LogP contribution in [0.25, 0.3) is 0 Å². The predicted molar refractivity (Wildman–Crippen MR) is 78.8 cm³/mol. The van der Waals surface area contributed by atoms with Crippen molar-refractivity contribution >= 4 is 5.91 Å². The van der Waals surface area contributed by atoms with Crippen molar-refractivity contribution in [2.45, 2.75) is 44.6 Å². The lowest BCUT2D eigenvalue weighted by molar-refractivity contribution is 0.0888. The van der Waals surface area contributed by atoms with E-state index in [0.717, 1.165) is 19.3 Å². The second-order valence-corrected chi connectivity index (χ2v) is 5.58. The van der Waals surface area contributed by atoms with Crippen molar-refractivity contribution in [3.8, 4) is 11.8 Å². The van der Waals surface area contributed by atoms with Crippen molar-refractivity contribution in [3.05, 3.63) is 24.0 Å². The maximum atomic E-state index is 12.4. The van der Waals surface area contributed by atoms with Crippen LogP contribution in [0.5, 0.6) is 5.75 Å². The van der Waals surface area contributed by atoms with E-state index in [0.29, 0.717) is 30.1 Å². The van der Waals surface area contributed by atoms with Crippen LogP contribution in [0, 0.1) is 17.2 Å². The highest BCUT2D eigenvalue weighted by Crippen LogP contribution is 2.33. The van der Waals surface area contributed by atoms with Crippen LogP contribution < -0.4 is 10.1 Å². The molecule has 1 amide bonds. The molecule has 112 valence electrons. The number of nitrogens with zero attached hydrogens (tertiary/aromatic N) is 2. The van der Waals surface area contributed by atoms with Gasteiger partial charge in [-0.25, -0.2) is 0 Å². The summed E-state index contributed by atoms with van der Waals surface area (Å²) in [6, 6.07) is 3.92. The van der Waals surface area contributed by atoms with Gasteiger partial charge in [-0.15, -0.1) is 0 Å². The van der Waals surface area contributed by atoms with Crippen LogP contribution in [0.1, 0.15) is 49.4 Å². The highest BCUT2D eigenvalue weighted by atomic mass is 16.5. The first-order valence-corrected chi connectivity index (χ1v) is 7.36. The van der Waals surface area contributed by atoms with Gasteiger partial charge in [0.25, 0.3) is 5.91 Å². The van der Waals surface area contributed by atoms with Gasteiger partial charge in [0.2, 0.25) is 0 Å². The zero-order valence-corrected chi connectivity index (χ0v) is 12.6. The summed E-state index contributed by atoms with van der Waals surface area (Å²) >= 11 is 0. The number of carbonyl (C=O) groups excluding carboxylic acids is 1. The number of amides is 1. The van der Waals surface area contributed by atoms with E-state index in [4.69, 9.17) is 4.74 Å². The number of hydrogen-bond acceptors (Lipinski definition) is 4. The molecule has 5 heteroatoms. The molecular weight excluding hydrogens is 266 g/mol. The van der Waals surface area contributed by atoms with Crippen molar-refractivity contribution in [1.29, 1.82) is 5.26 Å². The number of carbonyl (C=O) groups is 1. The molecule has 1 aliphatic rings. The Kier molecular flexibility index (Phi) is 4.79. The summed E-state index contributed by atoms with van der Waals surface area (Å²) in [5.74, 6) is 0.815. The molecule has 0 aromatic carbocycles. The third kappa shape index (κ3) is 3.33. The average Bonchev–Trinajstić information content (AvgIpc) is 2.55. The van der Waals surface area contributed by atoms with Gasteiger partial charge >= 0.3 is 0 Å². The maximum Gasteiger partial charge on any atom is 0.256 e. The molecule has 1 N–H and O–H groups in total. The third-order valence-electron chi connectivity index (χ3n) is 4.35. The Hall–Kier alpha value is -2.09. The first-order chi connectivity index (χ1) is 10.1. The monoisotopic (exact) mass is 287 g/mol. The van der Waals surface area contributed by atoms with Gasteiger partial charge in [0.05, 0.1) is 24.9 Å². The number of ether oxygens (including phenoxy) is 1. The van der Waals surface area contributed by atoms with Crippen molar-refractivity contribution < 1.29 is 9.53 Å².